The van der Waals surface area contributed by atoms with Crippen LogP contribution in [0.25, 0.3) is 0 Å². The van der Waals surface area contributed by atoms with Gasteiger partial charge in [0.05, 0.1) is 4.92 Å². The molecule has 142 valence electrons. The highest BCUT2D eigenvalue weighted by Gasteiger charge is 2.30. The Bertz CT molecular complexity index is 691. The maximum Gasteiger partial charge on any atom is 0.292 e. The van der Waals surface area contributed by atoms with Crippen LogP contribution in [0.4, 0.5) is 11.4 Å². The van der Waals surface area contributed by atoms with Gasteiger partial charge in [-0.3, -0.25) is 19.7 Å². The SMILES string of the molecule is CC(NC(=O)C(C)(C)C)C(=O)N1CCN(c2ccccc2[N+](=O)[O-])CC1. The summed E-state index contributed by atoms with van der Waals surface area (Å²) in [7, 11) is 0. The van der Waals surface area contributed by atoms with Gasteiger partial charge < -0.3 is 15.1 Å². The number of benzene rings is 1. The molecule has 1 aromatic carbocycles. The summed E-state index contributed by atoms with van der Waals surface area (Å²) in [4.78, 5) is 39.0. The van der Waals surface area contributed by atoms with E-state index in [9.17, 15) is 19.7 Å². The Morgan fingerprint density at radius 1 is 1.15 bits per heavy atom. The van der Waals surface area contributed by atoms with Gasteiger partial charge in [-0.1, -0.05) is 32.9 Å². The van der Waals surface area contributed by atoms with Crippen molar-refractivity contribution in [2.45, 2.75) is 33.7 Å². The fourth-order valence-corrected chi connectivity index (χ4v) is 2.80. The fraction of sp³-hybridized carbons (Fsp3) is 0.556. The Morgan fingerprint density at radius 3 is 2.27 bits per heavy atom. The van der Waals surface area contributed by atoms with Gasteiger partial charge in [0.25, 0.3) is 5.69 Å². The number of hydrogen-bond donors (Lipinski definition) is 1. The molecule has 1 unspecified atom stereocenters. The molecule has 8 nitrogen and oxygen atoms in total. The molecule has 1 aromatic rings. The molecule has 0 aromatic heterocycles. The Hall–Kier alpha value is -2.64. The maximum absolute atomic E-state index is 12.6. The van der Waals surface area contributed by atoms with E-state index in [1.54, 1.807) is 50.8 Å². The second kappa shape index (κ2) is 7.72. The first kappa shape index (κ1) is 19.7. The smallest absolute Gasteiger partial charge is 0.292 e. The van der Waals surface area contributed by atoms with Crippen molar-refractivity contribution >= 4 is 23.2 Å². The van der Waals surface area contributed by atoms with Crippen LogP contribution in [0.1, 0.15) is 27.7 Å². The number of rotatable bonds is 4. The van der Waals surface area contributed by atoms with Gasteiger partial charge in [-0.2, -0.15) is 0 Å². The summed E-state index contributed by atoms with van der Waals surface area (Å²) in [5.41, 5.74) is 0.0798. The molecule has 1 fully saturated rings. The molecule has 2 amide bonds. The topological polar surface area (TPSA) is 95.8 Å². The highest BCUT2D eigenvalue weighted by Crippen LogP contribution is 2.28. The molecule has 0 bridgehead atoms. The predicted molar refractivity (Wildman–Crippen MR) is 98.9 cm³/mol. The quantitative estimate of drug-likeness (QED) is 0.651. The van der Waals surface area contributed by atoms with E-state index in [2.05, 4.69) is 5.32 Å². The monoisotopic (exact) mass is 362 g/mol. The zero-order valence-electron chi connectivity index (χ0n) is 15.7. The van der Waals surface area contributed by atoms with Gasteiger partial charge in [-0.15, -0.1) is 0 Å². The van der Waals surface area contributed by atoms with Crippen LogP contribution in [0.3, 0.4) is 0 Å². The van der Waals surface area contributed by atoms with E-state index in [-0.39, 0.29) is 17.5 Å². The number of nitrogens with one attached hydrogen (secondary N) is 1. The molecule has 1 atom stereocenters. The Morgan fingerprint density at radius 2 is 1.73 bits per heavy atom. The van der Waals surface area contributed by atoms with Crippen molar-refractivity contribution in [1.82, 2.24) is 10.2 Å². The van der Waals surface area contributed by atoms with Crippen molar-refractivity contribution in [2.24, 2.45) is 5.41 Å². The van der Waals surface area contributed by atoms with Crippen molar-refractivity contribution in [3.63, 3.8) is 0 Å². The summed E-state index contributed by atoms with van der Waals surface area (Å²) in [5.74, 6) is -0.304. The number of carbonyl (C=O) groups excluding carboxylic acids is 2. The molecule has 1 heterocycles. The summed E-state index contributed by atoms with van der Waals surface area (Å²) in [5, 5.41) is 13.9. The van der Waals surface area contributed by atoms with Crippen LogP contribution in [0.5, 0.6) is 0 Å². The number of nitrogens with zero attached hydrogens (tertiary/aromatic N) is 3. The molecule has 8 heteroatoms. The molecule has 0 spiro atoms. The summed E-state index contributed by atoms with van der Waals surface area (Å²) in [6.45, 7) is 9.01. The number of hydrogen-bond acceptors (Lipinski definition) is 5. The van der Waals surface area contributed by atoms with Crippen LogP contribution >= 0.6 is 0 Å². The van der Waals surface area contributed by atoms with E-state index in [1.807, 2.05) is 4.90 Å². The molecule has 1 saturated heterocycles. The number of anilines is 1. The highest BCUT2D eigenvalue weighted by molar-refractivity contribution is 5.89. The third-order valence-electron chi connectivity index (χ3n) is 4.41. The van der Waals surface area contributed by atoms with Gasteiger partial charge in [0.2, 0.25) is 11.8 Å². The number of para-hydroxylation sites is 2. The van der Waals surface area contributed by atoms with Gasteiger partial charge in [-0.25, -0.2) is 0 Å². The van der Waals surface area contributed by atoms with E-state index >= 15 is 0 Å². The molecule has 26 heavy (non-hydrogen) atoms. The van der Waals surface area contributed by atoms with Crippen LogP contribution in [0.15, 0.2) is 24.3 Å². The first-order valence-electron chi connectivity index (χ1n) is 8.69. The third-order valence-corrected chi connectivity index (χ3v) is 4.41. The fourth-order valence-electron chi connectivity index (χ4n) is 2.80. The minimum atomic E-state index is -0.598. The lowest BCUT2D eigenvalue weighted by Crippen LogP contribution is -2.55. The Balaban J connectivity index is 1.97. The molecule has 0 saturated carbocycles. The van der Waals surface area contributed by atoms with Crippen LogP contribution in [-0.4, -0.2) is 53.9 Å². The standard InChI is InChI=1S/C18H26N4O4/c1-13(19-17(24)18(2,3)4)16(23)21-11-9-20(10-12-21)14-7-5-6-8-15(14)22(25)26/h5-8,13H,9-12H2,1-4H3,(H,19,24). The Kier molecular flexibility index (Phi) is 5.84. The van der Waals surface area contributed by atoms with E-state index in [0.29, 0.717) is 31.9 Å². The van der Waals surface area contributed by atoms with Gasteiger partial charge in [0.1, 0.15) is 11.7 Å². The van der Waals surface area contributed by atoms with Crippen LogP contribution in [0.2, 0.25) is 0 Å². The molecule has 0 aliphatic carbocycles. The predicted octanol–water partition coefficient (Wildman–Crippen LogP) is 1.79. The molecular weight excluding hydrogens is 336 g/mol. The maximum atomic E-state index is 12.6. The molecule has 1 aliphatic rings. The van der Waals surface area contributed by atoms with E-state index < -0.39 is 16.4 Å². The summed E-state index contributed by atoms with van der Waals surface area (Å²) in [6, 6.07) is 6.02. The minimum absolute atomic E-state index is 0.0677. The molecule has 2 rings (SSSR count). The van der Waals surface area contributed by atoms with Crippen molar-refractivity contribution in [2.75, 3.05) is 31.1 Å². The summed E-state index contributed by atoms with van der Waals surface area (Å²) in [6.07, 6.45) is 0. The first-order chi connectivity index (χ1) is 12.1. The van der Waals surface area contributed by atoms with Gasteiger partial charge in [0, 0.05) is 37.7 Å². The second-order valence-corrected chi connectivity index (χ2v) is 7.50. The first-order valence-corrected chi connectivity index (χ1v) is 8.69. The van der Waals surface area contributed by atoms with Gasteiger partial charge in [-0.05, 0) is 13.0 Å². The van der Waals surface area contributed by atoms with E-state index in [4.69, 9.17) is 0 Å². The second-order valence-electron chi connectivity index (χ2n) is 7.50. The van der Waals surface area contributed by atoms with Crippen molar-refractivity contribution < 1.29 is 14.5 Å². The molecule has 0 radical (unpaired) electrons. The molecule has 1 aliphatic heterocycles. The zero-order chi connectivity index (χ0) is 19.5. The summed E-state index contributed by atoms with van der Waals surface area (Å²) < 4.78 is 0. The minimum Gasteiger partial charge on any atom is -0.362 e. The number of carbonyl (C=O) groups is 2. The van der Waals surface area contributed by atoms with Crippen molar-refractivity contribution in [3.05, 3.63) is 34.4 Å². The van der Waals surface area contributed by atoms with Crippen molar-refractivity contribution in [1.29, 1.82) is 0 Å². The number of amides is 2. The van der Waals surface area contributed by atoms with Crippen molar-refractivity contribution in [3.8, 4) is 0 Å². The van der Waals surface area contributed by atoms with Crippen LogP contribution < -0.4 is 10.2 Å². The Labute approximate surface area is 153 Å². The zero-order valence-corrected chi connectivity index (χ0v) is 15.7. The van der Waals surface area contributed by atoms with Gasteiger partial charge in [0.15, 0.2) is 0 Å². The largest absolute Gasteiger partial charge is 0.362 e. The highest BCUT2D eigenvalue weighted by atomic mass is 16.6. The normalized spacial score (nSPS) is 16.2. The lowest BCUT2D eigenvalue weighted by atomic mass is 9.95. The molecular formula is C18H26N4O4. The van der Waals surface area contributed by atoms with Crippen LogP contribution in [-0.2, 0) is 9.59 Å². The van der Waals surface area contributed by atoms with Gasteiger partial charge >= 0.3 is 0 Å². The lowest BCUT2D eigenvalue weighted by Gasteiger charge is -2.37. The van der Waals surface area contributed by atoms with Crippen LogP contribution in [0, 0.1) is 15.5 Å². The average Bonchev–Trinajstić information content (AvgIpc) is 2.60. The van der Waals surface area contributed by atoms with E-state index in [1.165, 1.54) is 6.07 Å². The summed E-state index contributed by atoms with van der Waals surface area (Å²) >= 11 is 0. The number of nitro groups is 1. The lowest BCUT2D eigenvalue weighted by molar-refractivity contribution is -0.384. The van der Waals surface area contributed by atoms with E-state index in [0.717, 1.165) is 0 Å². The third kappa shape index (κ3) is 4.50. The number of nitro benzene ring substituents is 1. The number of piperazine rings is 1. The average molecular weight is 362 g/mol. The molecule has 1 N–H and O–H groups in total.